The topological polar surface area (TPSA) is 47.6 Å². The largest absolute Gasteiger partial charge is 0.493 e. The third kappa shape index (κ3) is 6.22. The van der Waals surface area contributed by atoms with E-state index in [0.29, 0.717) is 18.1 Å². The first-order chi connectivity index (χ1) is 16.3. The summed E-state index contributed by atoms with van der Waals surface area (Å²) in [5.41, 5.74) is 7.13. The summed E-state index contributed by atoms with van der Waals surface area (Å²) in [4.78, 5) is 11.9. The lowest BCUT2D eigenvalue weighted by atomic mass is 9.71. The average molecular weight is 464 g/mol. The fourth-order valence-electron chi connectivity index (χ4n) is 4.49. The summed E-state index contributed by atoms with van der Waals surface area (Å²) < 4.78 is 11.4. The van der Waals surface area contributed by atoms with Crippen molar-refractivity contribution in [1.82, 2.24) is 0 Å². The number of unbranched alkanes of at least 4 members (excludes halogenated alkanes) is 1. The second-order valence-electron chi connectivity index (χ2n) is 10.1. The van der Waals surface area contributed by atoms with Crippen molar-refractivity contribution in [3.63, 3.8) is 0 Å². The van der Waals surface area contributed by atoms with E-state index in [2.05, 4.69) is 58.1 Å². The summed E-state index contributed by atoms with van der Waals surface area (Å²) >= 11 is 0. The first-order valence-corrected chi connectivity index (χ1v) is 12.8. The number of anilines is 1. The van der Waals surface area contributed by atoms with Gasteiger partial charge in [-0.1, -0.05) is 47.1 Å². The Hall–Kier alpha value is -2.75. The second kappa shape index (κ2) is 11.6. The zero-order chi connectivity index (χ0) is 24.7. The molecule has 0 aliphatic heterocycles. The van der Waals surface area contributed by atoms with Crippen LogP contribution in [-0.2, 0) is 16.6 Å². The molecule has 0 aromatic heterocycles. The molecule has 1 aliphatic rings. The van der Waals surface area contributed by atoms with Crippen LogP contribution in [0.1, 0.15) is 87.9 Å². The first-order valence-electron chi connectivity index (χ1n) is 12.8. The summed E-state index contributed by atoms with van der Waals surface area (Å²) in [5, 5.41) is 3.49. The monoisotopic (exact) mass is 463 g/mol. The van der Waals surface area contributed by atoms with E-state index in [1.54, 1.807) is 12.1 Å². The molecule has 0 bridgehead atoms. The number of rotatable bonds is 11. The van der Waals surface area contributed by atoms with E-state index in [1.807, 2.05) is 19.1 Å². The molecule has 0 saturated carbocycles. The molecule has 2 aromatic carbocycles. The van der Waals surface area contributed by atoms with Crippen LogP contribution in [0.4, 0.5) is 5.69 Å². The van der Waals surface area contributed by atoms with Crippen LogP contribution >= 0.6 is 0 Å². The molecule has 2 aromatic rings. The van der Waals surface area contributed by atoms with E-state index in [1.165, 1.54) is 22.3 Å². The van der Waals surface area contributed by atoms with Gasteiger partial charge in [-0.3, -0.25) is 0 Å². The maximum Gasteiger partial charge on any atom is 0.338 e. The highest BCUT2D eigenvalue weighted by Gasteiger charge is 2.30. The van der Waals surface area contributed by atoms with E-state index in [9.17, 15) is 4.79 Å². The molecule has 0 radical (unpaired) electrons. The molecule has 4 nitrogen and oxygen atoms in total. The van der Waals surface area contributed by atoms with Crippen LogP contribution in [0.15, 0.2) is 42.5 Å². The Balaban J connectivity index is 1.80. The zero-order valence-electron chi connectivity index (χ0n) is 21.8. The van der Waals surface area contributed by atoms with Gasteiger partial charge in [0.15, 0.2) is 0 Å². The fourth-order valence-corrected chi connectivity index (χ4v) is 4.49. The Morgan fingerprint density at radius 3 is 2.50 bits per heavy atom. The molecule has 4 heteroatoms. The molecular weight excluding hydrogens is 422 g/mol. The molecule has 0 spiro atoms. The van der Waals surface area contributed by atoms with Crippen LogP contribution in [0.3, 0.4) is 0 Å². The van der Waals surface area contributed by atoms with Gasteiger partial charge in [0.2, 0.25) is 0 Å². The van der Waals surface area contributed by atoms with E-state index in [-0.39, 0.29) is 11.4 Å². The van der Waals surface area contributed by atoms with Crippen molar-refractivity contribution in [2.75, 3.05) is 25.1 Å². The van der Waals surface area contributed by atoms with E-state index in [0.717, 1.165) is 50.3 Å². The minimum atomic E-state index is -0.283. The molecule has 1 aliphatic carbocycles. The smallest absolute Gasteiger partial charge is 0.338 e. The van der Waals surface area contributed by atoms with Crippen LogP contribution < -0.4 is 10.1 Å². The van der Waals surface area contributed by atoms with Gasteiger partial charge in [-0.15, -0.1) is 0 Å². The second-order valence-corrected chi connectivity index (χ2v) is 10.1. The predicted octanol–water partition coefficient (Wildman–Crippen LogP) is 7.42. The van der Waals surface area contributed by atoms with E-state index >= 15 is 0 Å². The third-order valence-corrected chi connectivity index (χ3v) is 6.57. The first kappa shape index (κ1) is 25.9. The minimum absolute atomic E-state index is 0.105. The summed E-state index contributed by atoms with van der Waals surface area (Å²) in [5.74, 6) is 1.23. The Morgan fingerprint density at radius 2 is 1.85 bits per heavy atom. The van der Waals surface area contributed by atoms with Gasteiger partial charge in [0.1, 0.15) is 5.75 Å². The Morgan fingerprint density at radius 1 is 1.12 bits per heavy atom. The number of esters is 1. The molecule has 0 atom stereocenters. The number of fused-ring (bicyclic) bond motifs is 1. The fraction of sp³-hybridized carbons (Fsp3) is 0.500. The quantitative estimate of drug-likeness (QED) is 0.278. The number of benzene rings is 2. The van der Waals surface area contributed by atoms with Crippen LogP contribution in [0.5, 0.6) is 5.75 Å². The van der Waals surface area contributed by atoms with E-state index in [4.69, 9.17) is 9.47 Å². The lowest BCUT2D eigenvalue weighted by Crippen LogP contribution is -2.23. The number of hydrogen-bond donors (Lipinski definition) is 1. The molecule has 0 fully saturated rings. The average Bonchev–Trinajstić information content (AvgIpc) is 2.80. The van der Waals surface area contributed by atoms with Gasteiger partial charge in [-0.05, 0) is 96.2 Å². The molecule has 3 rings (SSSR count). The van der Waals surface area contributed by atoms with Crippen molar-refractivity contribution in [3.05, 3.63) is 64.7 Å². The van der Waals surface area contributed by atoms with Gasteiger partial charge >= 0.3 is 5.97 Å². The summed E-state index contributed by atoms with van der Waals surface area (Å²) in [6.45, 7) is 15.1. The van der Waals surface area contributed by atoms with Crippen LogP contribution in [0.25, 0.3) is 5.57 Å². The molecule has 0 saturated heterocycles. The number of carbonyl (C=O) groups excluding carboxylic acids is 1. The highest BCUT2D eigenvalue weighted by Crippen LogP contribution is 2.44. The summed E-state index contributed by atoms with van der Waals surface area (Å²) in [6, 6.07) is 12.2. The zero-order valence-corrected chi connectivity index (χ0v) is 21.8. The minimum Gasteiger partial charge on any atom is -0.493 e. The Kier molecular flexibility index (Phi) is 8.82. The Bertz CT molecular complexity index is 1000. The highest BCUT2D eigenvalue weighted by atomic mass is 16.5. The maximum atomic E-state index is 11.9. The third-order valence-electron chi connectivity index (χ3n) is 6.57. The van der Waals surface area contributed by atoms with Gasteiger partial charge in [-0.25, -0.2) is 4.79 Å². The number of nitrogens with one attached hydrogen (secondary N) is 1. The van der Waals surface area contributed by atoms with Crippen molar-refractivity contribution in [3.8, 4) is 5.75 Å². The van der Waals surface area contributed by atoms with Crippen LogP contribution in [0.2, 0.25) is 0 Å². The number of ether oxygens (including phenoxy) is 2. The van der Waals surface area contributed by atoms with Crippen molar-refractivity contribution in [2.24, 2.45) is 5.92 Å². The van der Waals surface area contributed by atoms with Gasteiger partial charge < -0.3 is 14.8 Å². The predicted molar refractivity (Wildman–Crippen MR) is 142 cm³/mol. The normalized spacial score (nSPS) is 14.4. The molecule has 0 unspecified atom stereocenters. The summed E-state index contributed by atoms with van der Waals surface area (Å²) in [6.07, 6.45) is 6.53. The number of carbonyl (C=O) groups is 1. The van der Waals surface area contributed by atoms with Crippen molar-refractivity contribution in [2.45, 2.75) is 72.6 Å². The van der Waals surface area contributed by atoms with Gasteiger partial charge in [0.05, 0.1) is 18.8 Å². The van der Waals surface area contributed by atoms with Crippen LogP contribution in [-0.4, -0.2) is 25.7 Å². The molecule has 34 heavy (non-hydrogen) atoms. The van der Waals surface area contributed by atoms with Gasteiger partial charge in [0, 0.05) is 12.2 Å². The molecule has 0 amide bonds. The molecule has 0 heterocycles. The summed E-state index contributed by atoms with van der Waals surface area (Å²) in [7, 11) is 0. The van der Waals surface area contributed by atoms with Crippen LogP contribution in [0, 0.1) is 5.92 Å². The van der Waals surface area contributed by atoms with Crippen molar-refractivity contribution < 1.29 is 14.3 Å². The highest BCUT2D eigenvalue weighted by molar-refractivity contribution is 5.89. The van der Waals surface area contributed by atoms with Gasteiger partial charge in [0.25, 0.3) is 0 Å². The van der Waals surface area contributed by atoms with Crippen molar-refractivity contribution in [1.29, 1.82) is 0 Å². The number of allylic oxidation sites excluding steroid dienone is 2. The lowest BCUT2D eigenvalue weighted by Gasteiger charge is -2.34. The number of hydrogen-bond acceptors (Lipinski definition) is 4. The molecular formula is C30H41NO3. The van der Waals surface area contributed by atoms with Crippen molar-refractivity contribution >= 4 is 17.2 Å². The lowest BCUT2D eigenvalue weighted by molar-refractivity contribution is 0.0526. The maximum absolute atomic E-state index is 11.9. The Labute approximate surface area is 205 Å². The molecule has 1 N–H and O–H groups in total. The van der Waals surface area contributed by atoms with E-state index < -0.39 is 0 Å². The SMILES string of the molecule is CCCCOc1cc2c(cc1CCNc1ccc(C(=O)OCC)cc1)C(C(C)C)=CCC2(C)C. The standard InChI is InChI=1S/C30H41NO3/c1-7-9-18-34-28-20-27-26(25(21(3)4)14-16-30(27,5)6)19-23(28)15-17-31-24-12-10-22(11-13-24)29(32)33-8-2/h10-14,19-21,31H,7-9,15-18H2,1-6H3. The van der Waals surface area contributed by atoms with Gasteiger partial charge in [-0.2, -0.15) is 0 Å². The molecule has 184 valence electrons.